The maximum Gasteiger partial charge on any atom is 0.262 e. The van der Waals surface area contributed by atoms with Crippen LogP contribution in [0.3, 0.4) is 0 Å². The molecule has 0 fully saturated rings. The maximum atomic E-state index is 11.7. The molecule has 0 aliphatic carbocycles. The molecule has 2 aromatic carbocycles. The van der Waals surface area contributed by atoms with E-state index in [1.807, 2.05) is 48.3 Å². The molecule has 2 heterocycles. The van der Waals surface area contributed by atoms with E-state index in [0.29, 0.717) is 11.4 Å². The molecule has 1 amide bonds. The average Bonchev–Trinajstić information content (AvgIpc) is 3.09. The van der Waals surface area contributed by atoms with Crippen molar-refractivity contribution in [3.63, 3.8) is 0 Å². The van der Waals surface area contributed by atoms with E-state index in [9.17, 15) is 4.79 Å². The van der Waals surface area contributed by atoms with E-state index < -0.39 is 0 Å². The molecule has 0 unspecified atom stereocenters. The van der Waals surface area contributed by atoms with Crippen LogP contribution in [0.2, 0.25) is 0 Å². The zero-order valence-corrected chi connectivity index (χ0v) is 18.3. The molecule has 154 valence electrons. The molecule has 3 aromatic rings. The first-order valence-electron chi connectivity index (χ1n) is 9.84. The molecule has 0 spiro atoms. The number of carbonyl (C=O) groups is 1. The van der Waals surface area contributed by atoms with Gasteiger partial charge >= 0.3 is 0 Å². The highest BCUT2D eigenvalue weighted by Gasteiger charge is 2.18. The van der Waals surface area contributed by atoms with Crippen molar-refractivity contribution in [3.05, 3.63) is 63.3 Å². The van der Waals surface area contributed by atoms with Gasteiger partial charge in [-0.3, -0.25) is 9.79 Å². The predicted octanol–water partition coefficient (Wildman–Crippen LogP) is 4.36. The van der Waals surface area contributed by atoms with Gasteiger partial charge in [0.2, 0.25) is 4.80 Å². The number of ether oxygens (including phenoxy) is 1. The molecule has 7 heteroatoms. The number of aromatic nitrogens is 1. The minimum Gasteiger partial charge on any atom is -0.482 e. The molecule has 1 aliphatic rings. The number of nitrogens with one attached hydrogen (secondary N) is 1. The summed E-state index contributed by atoms with van der Waals surface area (Å²) in [4.78, 5) is 17.3. The van der Waals surface area contributed by atoms with Crippen molar-refractivity contribution in [2.75, 3.05) is 11.9 Å². The fourth-order valence-corrected chi connectivity index (χ4v) is 4.15. The minimum atomic E-state index is -0.152. The topological polar surface area (TPSA) is 68.0 Å². The van der Waals surface area contributed by atoms with Gasteiger partial charge in [0, 0.05) is 17.0 Å². The molecule has 30 heavy (non-hydrogen) atoms. The van der Waals surface area contributed by atoms with E-state index in [4.69, 9.17) is 14.8 Å². The van der Waals surface area contributed by atoms with Crippen LogP contribution >= 0.6 is 11.3 Å². The van der Waals surface area contributed by atoms with Gasteiger partial charge in [0.25, 0.3) is 5.91 Å². The zero-order valence-electron chi connectivity index (χ0n) is 17.5. The van der Waals surface area contributed by atoms with Crippen molar-refractivity contribution < 1.29 is 9.53 Å². The van der Waals surface area contributed by atoms with Gasteiger partial charge in [-0.15, -0.1) is 11.3 Å². The number of carbonyl (C=O) groups excluding carboxylic acids is 1. The van der Waals surface area contributed by atoms with Gasteiger partial charge in [0.1, 0.15) is 5.75 Å². The lowest BCUT2D eigenvalue weighted by Crippen LogP contribution is -2.25. The van der Waals surface area contributed by atoms with Crippen LogP contribution in [0.25, 0.3) is 11.3 Å². The quantitative estimate of drug-likeness (QED) is 0.638. The highest BCUT2D eigenvalue weighted by Crippen LogP contribution is 2.32. The normalized spacial score (nSPS) is 14.2. The van der Waals surface area contributed by atoms with Crippen molar-refractivity contribution in [2.24, 2.45) is 10.1 Å². The molecule has 6 nitrogen and oxygen atoms in total. The minimum absolute atomic E-state index is 0.0440. The molecule has 4 rings (SSSR count). The van der Waals surface area contributed by atoms with Gasteiger partial charge in [0.15, 0.2) is 6.61 Å². The second kappa shape index (κ2) is 8.28. The molecule has 1 aliphatic heterocycles. The van der Waals surface area contributed by atoms with E-state index in [-0.39, 0.29) is 18.6 Å². The highest BCUT2D eigenvalue weighted by atomic mass is 32.1. The monoisotopic (exact) mass is 420 g/mol. The van der Waals surface area contributed by atoms with Crippen LogP contribution in [0.5, 0.6) is 5.75 Å². The first kappa shape index (κ1) is 20.1. The van der Waals surface area contributed by atoms with E-state index in [1.165, 1.54) is 5.56 Å². The molecule has 0 radical (unpaired) electrons. The molecule has 1 aromatic heterocycles. The Morgan fingerprint density at radius 2 is 2.03 bits per heavy atom. The van der Waals surface area contributed by atoms with Crippen molar-refractivity contribution >= 4 is 29.1 Å². The van der Waals surface area contributed by atoms with Crippen LogP contribution in [0.15, 0.2) is 51.9 Å². The lowest BCUT2D eigenvalue weighted by molar-refractivity contribution is -0.118. The van der Waals surface area contributed by atoms with Gasteiger partial charge in [0.05, 0.1) is 17.6 Å². The van der Waals surface area contributed by atoms with Gasteiger partial charge in [-0.05, 0) is 57.0 Å². The Balaban J connectivity index is 1.81. The number of anilines is 1. The van der Waals surface area contributed by atoms with E-state index >= 15 is 0 Å². The van der Waals surface area contributed by atoms with Crippen LogP contribution < -0.4 is 14.9 Å². The summed E-state index contributed by atoms with van der Waals surface area (Å²) in [7, 11) is 0. The number of hydrogen-bond donors (Lipinski definition) is 1. The van der Waals surface area contributed by atoms with Crippen LogP contribution in [-0.4, -0.2) is 29.4 Å². The van der Waals surface area contributed by atoms with Crippen LogP contribution in [0.1, 0.15) is 30.5 Å². The Hall–Kier alpha value is -3.19. The molecule has 0 bridgehead atoms. The summed E-state index contributed by atoms with van der Waals surface area (Å²) >= 11 is 1.54. The first-order valence-corrected chi connectivity index (χ1v) is 10.7. The number of fused-ring (bicyclic) bond motifs is 1. The average molecular weight is 421 g/mol. The number of benzene rings is 2. The van der Waals surface area contributed by atoms with Crippen molar-refractivity contribution in [1.29, 1.82) is 0 Å². The van der Waals surface area contributed by atoms with Gasteiger partial charge in [-0.2, -0.15) is 5.10 Å². The number of thiazole rings is 1. The number of aryl methyl sites for hydroxylation is 2. The third kappa shape index (κ3) is 4.21. The first-order chi connectivity index (χ1) is 14.4. The Bertz CT molecular complexity index is 1200. The zero-order chi connectivity index (χ0) is 21.3. The maximum absolute atomic E-state index is 11.7. The number of hydrogen-bond acceptors (Lipinski definition) is 5. The summed E-state index contributed by atoms with van der Waals surface area (Å²) in [6, 6.07) is 12.2. The molecule has 0 saturated heterocycles. The van der Waals surface area contributed by atoms with Crippen molar-refractivity contribution in [1.82, 2.24) is 4.68 Å². The second-order valence-corrected chi connectivity index (χ2v) is 8.43. The standard InChI is InChI=1S/C23H24N4O2S/c1-14(2)25-23-27(24-11-18-9-15(3)5-6-16(18)4)20(13-30-23)17-7-8-21-19(10-17)26-22(28)12-29-21/h5-11,13-14H,12H2,1-4H3,(H,26,28). The fourth-order valence-electron chi connectivity index (χ4n) is 3.18. The van der Waals surface area contributed by atoms with E-state index in [2.05, 4.69) is 37.4 Å². The van der Waals surface area contributed by atoms with Crippen molar-refractivity contribution in [2.45, 2.75) is 33.7 Å². The van der Waals surface area contributed by atoms with Gasteiger partial charge < -0.3 is 10.1 Å². The SMILES string of the molecule is Cc1ccc(C)c(C=Nn2c(-c3ccc4c(c3)NC(=O)CO4)csc2=NC(C)C)c1. The fraction of sp³-hybridized carbons (Fsp3) is 0.261. The van der Waals surface area contributed by atoms with Crippen molar-refractivity contribution in [3.8, 4) is 17.0 Å². The number of rotatable bonds is 4. The third-order valence-electron chi connectivity index (χ3n) is 4.71. The summed E-state index contributed by atoms with van der Waals surface area (Å²) in [5.74, 6) is 0.521. The predicted molar refractivity (Wildman–Crippen MR) is 121 cm³/mol. The molecular formula is C23H24N4O2S. The Morgan fingerprint density at radius 3 is 2.83 bits per heavy atom. The second-order valence-electron chi connectivity index (χ2n) is 7.59. The van der Waals surface area contributed by atoms with Crippen LogP contribution in [0, 0.1) is 13.8 Å². The summed E-state index contributed by atoms with van der Waals surface area (Å²) in [5.41, 5.74) is 5.93. The Kier molecular flexibility index (Phi) is 5.55. The smallest absolute Gasteiger partial charge is 0.262 e. The highest BCUT2D eigenvalue weighted by molar-refractivity contribution is 7.07. The summed E-state index contributed by atoms with van der Waals surface area (Å²) < 4.78 is 7.34. The lowest BCUT2D eigenvalue weighted by atomic mass is 10.1. The number of nitrogens with zero attached hydrogens (tertiary/aromatic N) is 3. The van der Waals surface area contributed by atoms with Crippen LogP contribution in [0.4, 0.5) is 5.69 Å². The van der Waals surface area contributed by atoms with E-state index in [1.54, 1.807) is 11.3 Å². The van der Waals surface area contributed by atoms with Gasteiger partial charge in [-0.25, -0.2) is 4.68 Å². The summed E-state index contributed by atoms with van der Waals surface area (Å²) in [6.07, 6.45) is 1.88. The summed E-state index contributed by atoms with van der Waals surface area (Å²) in [6.45, 7) is 8.28. The molecule has 1 N–H and O–H groups in total. The van der Waals surface area contributed by atoms with Gasteiger partial charge in [-0.1, -0.05) is 23.8 Å². The van der Waals surface area contributed by atoms with Crippen LogP contribution in [-0.2, 0) is 4.79 Å². The molecular weight excluding hydrogens is 396 g/mol. The molecule has 0 saturated carbocycles. The molecule has 0 atom stereocenters. The van der Waals surface area contributed by atoms with E-state index in [0.717, 1.165) is 27.2 Å². The largest absolute Gasteiger partial charge is 0.482 e. The summed E-state index contributed by atoms with van der Waals surface area (Å²) in [5, 5.41) is 9.69. The Morgan fingerprint density at radius 1 is 1.20 bits per heavy atom. The Labute approximate surface area is 179 Å². The third-order valence-corrected chi connectivity index (χ3v) is 5.54. The number of amides is 1. The lowest BCUT2D eigenvalue weighted by Gasteiger charge is -2.18.